The van der Waals surface area contributed by atoms with E-state index in [4.69, 9.17) is 10.5 Å². The predicted molar refractivity (Wildman–Crippen MR) is 66.3 cm³/mol. The topological polar surface area (TPSA) is 35.2 Å². The Morgan fingerprint density at radius 2 is 2.20 bits per heavy atom. The average molecular weight is 270 g/mol. The van der Waals surface area contributed by atoms with Crippen LogP contribution in [0.1, 0.15) is 37.7 Å². The normalized spacial score (nSPS) is 15.3. The first kappa shape index (κ1) is 10.8. The largest absolute Gasteiger partial charge is 0.491 e. The van der Waals surface area contributed by atoms with Gasteiger partial charge in [0.15, 0.2) is 0 Å². The summed E-state index contributed by atoms with van der Waals surface area (Å²) in [5.74, 6) is 1.57. The summed E-state index contributed by atoms with van der Waals surface area (Å²) < 4.78 is 6.77. The zero-order valence-corrected chi connectivity index (χ0v) is 10.5. The van der Waals surface area contributed by atoms with Gasteiger partial charge in [-0.3, -0.25) is 0 Å². The van der Waals surface area contributed by atoms with E-state index in [-0.39, 0.29) is 0 Å². The van der Waals surface area contributed by atoms with Crippen molar-refractivity contribution in [1.82, 2.24) is 0 Å². The summed E-state index contributed by atoms with van der Waals surface area (Å²) in [7, 11) is 0. The first-order valence-electron chi connectivity index (χ1n) is 5.44. The maximum absolute atomic E-state index is 5.97. The lowest BCUT2D eigenvalue weighted by Gasteiger charge is -2.13. The van der Waals surface area contributed by atoms with E-state index in [1.54, 1.807) is 0 Å². The van der Waals surface area contributed by atoms with E-state index in [9.17, 15) is 0 Å². The number of nitrogen functional groups attached to an aromatic ring is 1. The van der Waals surface area contributed by atoms with E-state index in [0.29, 0.717) is 5.92 Å². The first-order chi connectivity index (χ1) is 7.22. The van der Waals surface area contributed by atoms with Crippen LogP contribution in [0.25, 0.3) is 0 Å². The highest BCUT2D eigenvalue weighted by Gasteiger charge is 2.28. The summed E-state index contributed by atoms with van der Waals surface area (Å²) in [6.07, 6.45) is 3.54. The van der Waals surface area contributed by atoms with Crippen LogP contribution in [0.3, 0.4) is 0 Å². The van der Waals surface area contributed by atoms with Crippen molar-refractivity contribution in [2.24, 2.45) is 0 Å². The molecular formula is C12H16BrNO. The lowest BCUT2D eigenvalue weighted by Crippen LogP contribution is -2.02. The SMILES string of the molecule is CCCOc1c(N)cc(Br)cc1C1CC1. The van der Waals surface area contributed by atoms with Crippen molar-refractivity contribution < 1.29 is 4.74 Å². The van der Waals surface area contributed by atoms with Gasteiger partial charge in [0.2, 0.25) is 0 Å². The summed E-state index contributed by atoms with van der Waals surface area (Å²) in [5, 5.41) is 0. The molecule has 1 aliphatic carbocycles. The maximum atomic E-state index is 5.97. The molecule has 0 aromatic heterocycles. The van der Waals surface area contributed by atoms with Gasteiger partial charge >= 0.3 is 0 Å². The first-order valence-corrected chi connectivity index (χ1v) is 6.23. The zero-order valence-electron chi connectivity index (χ0n) is 8.92. The van der Waals surface area contributed by atoms with Crippen molar-refractivity contribution >= 4 is 21.6 Å². The molecule has 0 spiro atoms. The minimum atomic E-state index is 0.664. The van der Waals surface area contributed by atoms with Crippen LogP contribution in [0, 0.1) is 0 Å². The zero-order chi connectivity index (χ0) is 10.8. The number of hydrogen-bond acceptors (Lipinski definition) is 2. The van der Waals surface area contributed by atoms with E-state index in [1.165, 1.54) is 18.4 Å². The number of anilines is 1. The Bertz CT molecular complexity index is 361. The molecule has 15 heavy (non-hydrogen) atoms. The Labute approximate surface area is 98.9 Å². The Morgan fingerprint density at radius 3 is 2.80 bits per heavy atom. The molecule has 0 radical (unpaired) electrons. The summed E-state index contributed by atoms with van der Waals surface area (Å²) in [6.45, 7) is 2.84. The molecule has 1 aromatic rings. The van der Waals surface area contributed by atoms with E-state index in [1.807, 2.05) is 6.07 Å². The van der Waals surface area contributed by atoms with Crippen molar-refractivity contribution in [1.29, 1.82) is 0 Å². The smallest absolute Gasteiger partial charge is 0.145 e. The summed E-state index contributed by atoms with van der Waals surface area (Å²) in [5.41, 5.74) is 8.00. The van der Waals surface area contributed by atoms with Gasteiger partial charge in [-0.2, -0.15) is 0 Å². The molecule has 0 bridgehead atoms. The second-order valence-electron chi connectivity index (χ2n) is 4.04. The van der Waals surface area contributed by atoms with Gasteiger partial charge < -0.3 is 10.5 Å². The highest BCUT2D eigenvalue weighted by molar-refractivity contribution is 9.10. The summed E-state index contributed by atoms with van der Waals surface area (Å²) in [4.78, 5) is 0. The van der Waals surface area contributed by atoms with E-state index in [2.05, 4.69) is 28.9 Å². The van der Waals surface area contributed by atoms with Crippen LogP contribution in [0.15, 0.2) is 16.6 Å². The van der Waals surface area contributed by atoms with Crippen molar-refractivity contribution in [3.8, 4) is 5.75 Å². The quantitative estimate of drug-likeness (QED) is 0.847. The van der Waals surface area contributed by atoms with Crippen LogP contribution in [-0.4, -0.2) is 6.61 Å². The lowest BCUT2D eigenvalue weighted by molar-refractivity contribution is 0.316. The van der Waals surface area contributed by atoms with E-state index < -0.39 is 0 Å². The third-order valence-electron chi connectivity index (χ3n) is 2.58. The molecule has 1 saturated carbocycles. The molecular weight excluding hydrogens is 254 g/mol. The minimum Gasteiger partial charge on any atom is -0.491 e. The highest BCUT2D eigenvalue weighted by Crippen LogP contribution is 2.47. The van der Waals surface area contributed by atoms with Crippen LogP contribution in [0.4, 0.5) is 5.69 Å². The van der Waals surface area contributed by atoms with Gasteiger partial charge in [-0.15, -0.1) is 0 Å². The fourth-order valence-electron chi connectivity index (χ4n) is 1.70. The molecule has 0 saturated heterocycles. The molecule has 0 atom stereocenters. The third-order valence-corrected chi connectivity index (χ3v) is 3.04. The Balaban J connectivity index is 2.31. The van der Waals surface area contributed by atoms with Crippen LogP contribution in [0.5, 0.6) is 5.75 Å². The molecule has 3 heteroatoms. The van der Waals surface area contributed by atoms with Crippen LogP contribution >= 0.6 is 15.9 Å². The maximum Gasteiger partial charge on any atom is 0.145 e. The number of rotatable bonds is 4. The predicted octanol–water partition coefficient (Wildman–Crippen LogP) is 3.70. The summed E-state index contributed by atoms with van der Waals surface area (Å²) >= 11 is 3.48. The highest BCUT2D eigenvalue weighted by atomic mass is 79.9. The molecule has 1 fully saturated rings. The van der Waals surface area contributed by atoms with Crippen LogP contribution in [-0.2, 0) is 0 Å². The molecule has 0 amide bonds. The van der Waals surface area contributed by atoms with Gasteiger partial charge in [-0.1, -0.05) is 22.9 Å². The minimum absolute atomic E-state index is 0.664. The van der Waals surface area contributed by atoms with Gasteiger partial charge in [0.05, 0.1) is 12.3 Å². The van der Waals surface area contributed by atoms with Gasteiger partial charge in [0.1, 0.15) is 5.75 Å². The van der Waals surface area contributed by atoms with Gasteiger partial charge in [-0.25, -0.2) is 0 Å². The molecule has 0 heterocycles. The Hall–Kier alpha value is -0.700. The van der Waals surface area contributed by atoms with E-state index >= 15 is 0 Å². The number of halogens is 1. The van der Waals surface area contributed by atoms with Crippen molar-refractivity contribution in [2.45, 2.75) is 32.1 Å². The number of benzene rings is 1. The number of ether oxygens (including phenoxy) is 1. The average Bonchev–Trinajstić information content (AvgIpc) is 2.98. The summed E-state index contributed by atoms with van der Waals surface area (Å²) in [6, 6.07) is 4.05. The fraction of sp³-hybridized carbons (Fsp3) is 0.500. The molecule has 82 valence electrons. The van der Waals surface area contributed by atoms with Gasteiger partial charge in [0.25, 0.3) is 0 Å². The molecule has 0 aliphatic heterocycles. The molecule has 1 aliphatic rings. The second kappa shape index (κ2) is 4.44. The van der Waals surface area contributed by atoms with Gasteiger partial charge in [-0.05, 0) is 37.3 Å². The Kier molecular flexibility index (Phi) is 3.19. The molecule has 2 rings (SSSR count). The monoisotopic (exact) mass is 269 g/mol. The second-order valence-corrected chi connectivity index (χ2v) is 4.95. The van der Waals surface area contributed by atoms with Gasteiger partial charge in [0, 0.05) is 10.0 Å². The lowest BCUT2D eigenvalue weighted by atomic mass is 10.1. The standard InChI is InChI=1S/C12H16BrNO/c1-2-5-15-12-10(8-3-4-8)6-9(13)7-11(12)14/h6-8H,2-5,14H2,1H3. The van der Waals surface area contributed by atoms with Crippen molar-refractivity contribution in [2.75, 3.05) is 12.3 Å². The third kappa shape index (κ3) is 2.46. The van der Waals surface area contributed by atoms with Crippen molar-refractivity contribution in [3.05, 3.63) is 22.2 Å². The van der Waals surface area contributed by atoms with Crippen LogP contribution < -0.4 is 10.5 Å². The molecule has 2 N–H and O–H groups in total. The molecule has 1 aromatic carbocycles. The fourth-order valence-corrected chi connectivity index (χ4v) is 2.20. The van der Waals surface area contributed by atoms with Crippen LogP contribution in [0.2, 0.25) is 0 Å². The molecule has 2 nitrogen and oxygen atoms in total. The molecule has 0 unspecified atom stereocenters. The van der Waals surface area contributed by atoms with Crippen molar-refractivity contribution in [3.63, 3.8) is 0 Å². The van der Waals surface area contributed by atoms with E-state index in [0.717, 1.165) is 28.9 Å². The Morgan fingerprint density at radius 1 is 1.47 bits per heavy atom. The number of nitrogens with two attached hydrogens (primary N) is 1. The number of hydrogen-bond donors (Lipinski definition) is 1.